The molecule has 1 fully saturated rings. The number of amides is 1. The minimum atomic E-state index is -0.286. The lowest BCUT2D eigenvalue weighted by Gasteiger charge is -2.31. The second-order valence-corrected chi connectivity index (χ2v) is 5.28. The highest BCUT2D eigenvalue weighted by Crippen LogP contribution is 2.26. The fraction of sp³-hybridized carbons (Fsp3) is 0.429. The molecule has 7 nitrogen and oxygen atoms in total. The van der Waals surface area contributed by atoms with Crippen LogP contribution in [0, 0.1) is 0 Å². The van der Waals surface area contributed by atoms with Crippen molar-refractivity contribution in [2.24, 2.45) is 5.73 Å². The van der Waals surface area contributed by atoms with Gasteiger partial charge in [-0.3, -0.25) is 14.7 Å². The van der Waals surface area contributed by atoms with E-state index in [4.69, 9.17) is 5.73 Å². The number of aromatic nitrogens is 4. The van der Waals surface area contributed by atoms with Gasteiger partial charge >= 0.3 is 0 Å². The Morgan fingerprint density at radius 1 is 1.38 bits per heavy atom. The zero-order chi connectivity index (χ0) is 14.7. The van der Waals surface area contributed by atoms with Crippen LogP contribution in [0.2, 0.25) is 0 Å². The Morgan fingerprint density at radius 3 is 2.95 bits per heavy atom. The molecule has 0 bridgehead atoms. The van der Waals surface area contributed by atoms with Crippen LogP contribution in [0.3, 0.4) is 0 Å². The van der Waals surface area contributed by atoms with Gasteiger partial charge in [0.25, 0.3) is 0 Å². The molecule has 0 aromatic carbocycles. The number of nitrogens with zero attached hydrogens (tertiary/aromatic N) is 5. The first-order chi connectivity index (χ1) is 10.2. The van der Waals surface area contributed by atoms with Crippen LogP contribution >= 0.6 is 0 Å². The van der Waals surface area contributed by atoms with Crippen LogP contribution in [0.15, 0.2) is 30.9 Å². The third-order valence-electron chi connectivity index (χ3n) is 3.73. The van der Waals surface area contributed by atoms with Gasteiger partial charge in [0.1, 0.15) is 12.2 Å². The molecule has 2 N–H and O–H groups in total. The molecule has 0 aliphatic carbocycles. The molecule has 2 aromatic heterocycles. The van der Waals surface area contributed by atoms with Gasteiger partial charge in [0.05, 0.1) is 12.2 Å². The summed E-state index contributed by atoms with van der Waals surface area (Å²) < 4.78 is 1.85. The van der Waals surface area contributed by atoms with Gasteiger partial charge in [-0.2, -0.15) is 5.10 Å². The van der Waals surface area contributed by atoms with Crippen LogP contribution in [0.25, 0.3) is 5.69 Å². The van der Waals surface area contributed by atoms with Gasteiger partial charge in [0.15, 0.2) is 0 Å². The maximum absolute atomic E-state index is 11.1. The lowest BCUT2D eigenvalue weighted by molar-refractivity contribution is -0.119. The first kappa shape index (κ1) is 13.7. The zero-order valence-electron chi connectivity index (χ0n) is 11.7. The van der Waals surface area contributed by atoms with Gasteiger partial charge in [0, 0.05) is 24.9 Å². The highest BCUT2D eigenvalue weighted by Gasteiger charge is 2.26. The van der Waals surface area contributed by atoms with E-state index in [1.165, 1.54) is 0 Å². The monoisotopic (exact) mass is 286 g/mol. The fourth-order valence-corrected chi connectivity index (χ4v) is 2.84. The second-order valence-electron chi connectivity index (χ2n) is 5.28. The van der Waals surface area contributed by atoms with Crippen molar-refractivity contribution < 1.29 is 4.79 Å². The summed E-state index contributed by atoms with van der Waals surface area (Å²) in [4.78, 5) is 21.6. The summed E-state index contributed by atoms with van der Waals surface area (Å²) in [6.07, 6.45) is 7.12. The molecular weight excluding hydrogens is 268 g/mol. The van der Waals surface area contributed by atoms with Crippen molar-refractivity contribution in [3.63, 3.8) is 0 Å². The second kappa shape index (κ2) is 6.01. The molecule has 21 heavy (non-hydrogen) atoms. The Labute approximate surface area is 122 Å². The molecule has 110 valence electrons. The Bertz CT molecular complexity index is 611. The standard InChI is InChI=1S/C14H18N6O/c15-13(21)9-19-7-1-2-11(8-19)14-17-10-18-20(14)12-3-5-16-6-4-12/h3-6,10-11H,1-2,7-9H2,(H2,15,21)/t11-/m0/s1. The maximum atomic E-state index is 11.1. The number of hydrogen-bond donors (Lipinski definition) is 1. The van der Waals surface area contributed by atoms with Crippen LogP contribution < -0.4 is 5.73 Å². The van der Waals surface area contributed by atoms with Crippen molar-refractivity contribution >= 4 is 5.91 Å². The van der Waals surface area contributed by atoms with Crippen molar-refractivity contribution in [1.29, 1.82) is 0 Å². The summed E-state index contributed by atoms with van der Waals surface area (Å²) in [6.45, 7) is 2.00. The van der Waals surface area contributed by atoms with Crippen LogP contribution in [0.1, 0.15) is 24.6 Å². The maximum Gasteiger partial charge on any atom is 0.231 e. The van der Waals surface area contributed by atoms with Gasteiger partial charge < -0.3 is 5.73 Å². The molecule has 3 rings (SSSR count). The SMILES string of the molecule is NC(=O)CN1CCC[C@H](c2ncnn2-c2ccncc2)C1. The van der Waals surface area contributed by atoms with E-state index >= 15 is 0 Å². The Hall–Kier alpha value is -2.28. The molecule has 1 aliphatic rings. The summed E-state index contributed by atoms with van der Waals surface area (Å²) in [6, 6.07) is 3.81. The van der Waals surface area contributed by atoms with Crippen molar-refractivity contribution in [2.75, 3.05) is 19.6 Å². The number of nitrogens with two attached hydrogens (primary N) is 1. The smallest absolute Gasteiger partial charge is 0.231 e. The first-order valence-corrected chi connectivity index (χ1v) is 7.05. The average Bonchev–Trinajstić information content (AvgIpc) is 2.97. The van der Waals surface area contributed by atoms with Crippen LogP contribution in [0.4, 0.5) is 0 Å². The molecule has 0 radical (unpaired) electrons. The molecule has 2 aromatic rings. The topological polar surface area (TPSA) is 89.9 Å². The van der Waals surface area contributed by atoms with E-state index < -0.39 is 0 Å². The summed E-state index contributed by atoms with van der Waals surface area (Å²) in [5.41, 5.74) is 6.24. The first-order valence-electron chi connectivity index (χ1n) is 7.05. The molecule has 1 saturated heterocycles. The summed E-state index contributed by atoms with van der Waals surface area (Å²) in [7, 11) is 0. The number of hydrogen-bond acceptors (Lipinski definition) is 5. The van der Waals surface area contributed by atoms with Crippen LogP contribution in [-0.2, 0) is 4.79 Å². The molecule has 1 amide bonds. The van der Waals surface area contributed by atoms with Gasteiger partial charge in [0.2, 0.25) is 5.91 Å². The summed E-state index contributed by atoms with van der Waals surface area (Å²) in [5, 5.41) is 4.32. The number of carbonyl (C=O) groups excluding carboxylic acids is 1. The van der Waals surface area contributed by atoms with Crippen molar-refractivity contribution in [2.45, 2.75) is 18.8 Å². The lowest BCUT2D eigenvalue weighted by atomic mass is 9.97. The number of carbonyl (C=O) groups is 1. The van der Waals surface area contributed by atoms with Gasteiger partial charge in [-0.05, 0) is 31.5 Å². The van der Waals surface area contributed by atoms with E-state index in [0.29, 0.717) is 6.54 Å². The van der Waals surface area contributed by atoms with Gasteiger partial charge in [-0.25, -0.2) is 9.67 Å². The largest absolute Gasteiger partial charge is 0.369 e. The normalized spacial score (nSPS) is 19.5. The highest BCUT2D eigenvalue weighted by molar-refractivity contribution is 5.75. The predicted octanol–water partition coefficient (Wildman–Crippen LogP) is 0.327. The summed E-state index contributed by atoms with van der Waals surface area (Å²) >= 11 is 0. The van der Waals surface area contributed by atoms with E-state index in [0.717, 1.165) is 37.4 Å². The summed E-state index contributed by atoms with van der Waals surface area (Å²) in [5.74, 6) is 0.899. The molecule has 1 atom stereocenters. The van der Waals surface area contributed by atoms with E-state index in [2.05, 4.69) is 20.0 Å². The number of pyridine rings is 1. The molecule has 0 saturated carbocycles. The van der Waals surface area contributed by atoms with Gasteiger partial charge in [-0.1, -0.05) is 0 Å². The quantitative estimate of drug-likeness (QED) is 0.874. The van der Waals surface area contributed by atoms with E-state index in [1.54, 1.807) is 18.7 Å². The fourth-order valence-electron chi connectivity index (χ4n) is 2.84. The highest BCUT2D eigenvalue weighted by atomic mass is 16.1. The van der Waals surface area contributed by atoms with Crippen LogP contribution in [-0.4, -0.2) is 50.2 Å². The number of likely N-dealkylation sites (tertiary alicyclic amines) is 1. The average molecular weight is 286 g/mol. The van der Waals surface area contributed by atoms with Crippen LogP contribution in [0.5, 0.6) is 0 Å². The van der Waals surface area contributed by atoms with E-state index in [1.807, 2.05) is 16.8 Å². The van der Waals surface area contributed by atoms with Gasteiger partial charge in [-0.15, -0.1) is 0 Å². The van der Waals surface area contributed by atoms with E-state index in [9.17, 15) is 4.79 Å². The molecule has 1 aliphatic heterocycles. The Morgan fingerprint density at radius 2 is 2.19 bits per heavy atom. The molecule has 7 heteroatoms. The Balaban J connectivity index is 1.81. The molecular formula is C14H18N6O. The molecule has 0 spiro atoms. The Kier molecular flexibility index (Phi) is 3.92. The third-order valence-corrected chi connectivity index (χ3v) is 3.73. The molecule has 0 unspecified atom stereocenters. The number of piperidine rings is 1. The lowest BCUT2D eigenvalue weighted by Crippen LogP contribution is -2.40. The zero-order valence-corrected chi connectivity index (χ0v) is 11.7. The minimum absolute atomic E-state index is 0.258. The molecule has 3 heterocycles. The predicted molar refractivity (Wildman–Crippen MR) is 76.8 cm³/mol. The van der Waals surface area contributed by atoms with E-state index in [-0.39, 0.29) is 11.8 Å². The number of primary amides is 1. The van der Waals surface area contributed by atoms with Crippen molar-refractivity contribution in [3.8, 4) is 5.69 Å². The van der Waals surface area contributed by atoms with Crippen molar-refractivity contribution in [3.05, 3.63) is 36.7 Å². The minimum Gasteiger partial charge on any atom is -0.369 e. The van der Waals surface area contributed by atoms with Crippen molar-refractivity contribution in [1.82, 2.24) is 24.6 Å². The number of rotatable bonds is 4. The third kappa shape index (κ3) is 3.08.